The van der Waals surface area contributed by atoms with Crippen molar-refractivity contribution in [2.45, 2.75) is 20.0 Å². The van der Waals surface area contributed by atoms with Crippen LogP contribution in [0.3, 0.4) is 0 Å². The third kappa shape index (κ3) is 7.17. The van der Waals surface area contributed by atoms with Gasteiger partial charge in [0, 0.05) is 19.0 Å². The number of hydrogen-bond donors (Lipinski definition) is 2. The van der Waals surface area contributed by atoms with Crippen LogP contribution in [-0.2, 0) is 4.79 Å². The van der Waals surface area contributed by atoms with Crippen LogP contribution >= 0.6 is 0 Å². The van der Waals surface area contributed by atoms with Crippen molar-refractivity contribution in [1.82, 2.24) is 10.2 Å². The average molecular weight is 256 g/mol. The van der Waals surface area contributed by atoms with E-state index in [9.17, 15) is 18.0 Å². The lowest BCUT2D eigenvalue weighted by molar-refractivity contribution is -0.164. The second-order valence-corrected chi connectivity index (χ2v) is 3.81. The molecule has 0 radical (unpaired) electrons. The summed E-state index contributed by atoms with van der Waals surface area (Å²) in [6, 6.07) is 0. The number of halogens is 3. The van der Waals surface area contributed by atoms with E-state index in [-0.39, 0.29) is 6.54 Å². The first-order valence-corrected chi connectivity index (χ1v) is 5.49. The summed E-state index contributed by atoms with van der Waals surface area (Å²) < 4.78 is 36.6. The lowest BCUT2D eigenvalue weighted by Gasteiger charge is -2.26. The van der Waals surface area contributed by atoms with Gasteiger partial charge >= 0.3 is 6.18 Å². The highest BCUT2D eigenvalue weighted by atomic mass is 19.4. The molecular formula is C10H19F3N2O2. The van der Waals surface area contributed by atoms with E-state index in [0.717, 1.165) is 0 Å². The molecule has 7 heteroatoms. The van der Waals surface area contributed by atoms with E-state index >= 15 is 0 Å². The molecule has 0 heterocycles. The van der Waals surface area contributed by atoms with Crippen LogP contribution in [0.15, 0.2) is 0 Å². The minimum Gasteiger partial charge on any atom is -0.395 e. The van der Waals surface area contributed by atoms with Crippen molar-refractivity contribution in [1.29, 1.82) is 0 Å². The second-order valence-electron chi connectivity index (χ2n) is 3.81. The summed E-state index contributed by atoms with van der Waals surface area (Å²) >= 11 is 0. The Morgan fingerprint density at radius 2 is 2.06 bits per heavy atom. The molecule has 0 saturated heterocycles. The van der Waals surface area contributed by atoms with Crippen molar-refractivity contribution in [2.24, 2.45) is 5.92 Å². The van der Waals surface area contributed by atoms with Crippen molar-refractivity contribution in [3.05, 3.63) is 0 Å². The van der Waals surface area contributed by atoms with Crippen LogP contribution in [0, 0.1) is 5.92 Å². The molecule has 0 aromatic rings. The maximum Gasteiger partial charge on any atom is 0.406 e. The fourth-order valence-electron chi connectivity index (χ4n) is 1.36. The summed E-state index contributed by atoms with van der Waals surface area (Å²) in [5, 5.41) is 11.6. The molecule has 0 spiro atoms. The Morgan fingerprint density at radius 1 is 1.47 bits per heavy atom. The summed E-state index contributed by atoms with van der Waals surface area (Å²) in [5.41, 5.74) is 0. The lowest BCUT2D eigenvalue weighted by atomic mass is 10.1. The molecule has 0 fully saturated rings. The number of alkyl halides is 3. The molecule has 0 saturated carbocycles. The number of aliphatic hydroxyl groups excluding tert-OH is 1. The van der Waals surface area contributed by atoms with Gasteiger partial charge in [0.1, 0.15) is 6.54 Å². The fraction of sp³-hybridized carbons (Fsp3) is 0.900. The smallest absolute Gasteiger partial charge is 0.395 e. The molecule has 0 aliphatic heterocycles. The molecule has 102 valence electrons. The predicted octanol–water partition coefficient (Wildman–Crippen LogP) is 0.615. The third-order valence-electron chi connectivity index (χ3n) is 2.17. The summed E-state index contributed by atoms with van der Waals surface area (Å²) in [7, 11) is 0. The average Bonchev–Trinajstić information content (AvgIpc) is 2.22. The Kier molecular flexibility index (Phi) is 7.13. The van der Waals surface area contributed by atoms with Gasteiger partial charge in [0.05, 0.1) is 6.61 Å². The van der Waals surface area contributed by atoms with Gasteiger partial charge in [0.2, 0.25) is 5.91 Å². The van der Waals surface area contributed by atoms with Crippen molar-refractivity contribution < 1.29 is 23.1 Å². The Morgan fingerprint density at radius 3 is 2.47 bits per heavy atom. The fourth-order valence-corrected chi connectivity index (χ4v) is 1.36. The zero-order valence-corrected chi connectivity index (χ0v) is 10.0. The van der Waals surface area contributed by atoms with Crippen LogP contribution in [0.25, 0.3) is 0 Å². The number of carbonyl (C=O) groups excluding carboxylic acids is 1. The lowest BCUT2D eigenvalue weighted by Crippen LogP contribution is -2.45. The first-order chi connectivity index (χ1) is 7.81. The van der Waals surface area contributed by atoms with Gasteiger partial charge in [0.25, 0.3) is 0 Å². The molecule has 0 bridgehead atoms. The minimum absolute atomic E-state index is 0.297. The van der Waals surface area contributed by atoms with Gasteiger partial charge in [-0.25, -0.2) is 0 Å². The highest BCUT2D eigenvalue weighted by Crippen LogP contribution is 2.17. The summed E-state index contributed by atoms with van der Waals surface area (Å²) in [5.74, 6) is -1.14. The molecule has 17 heavy (non-hydrogen) atoms. The maximum absolute atomic E-state index is 12.2. The molecule has 1 unspecified atom stereocenters. The quantitative estimate of drug-likeness (QED) is 0.702. The first-order valence-electron chi connectivity index (χ1n) is 5.49. The molecule has 0 aliphatic carbocycles. The van der Waals surface area contributed by atoms with Crippen molar-refractivity contribution in [3.8, 4) is 0 Å². The minimum atomic E-state index is -4.44. The Hall–Kier alpha value is -0.820. The Labute approximate surface area is 98.8 Å². The SMILES string of the molecule is CCNCC(C)C(=O)N(CCO)CC(F)(F)F. The predicted molar refractivity (Wildman–Crippen MR) is 57.4 cm³/mol. The van der Waals surface area contributed by atoms with Gasteiger partial charge in [-0.15, -0.1) is 0 Å². The molecule has 1 amide bonds. The number of nitrogens with zero attached hydrogens (tertiary/aromatic N) is 1. The van der Waals surface area contributed by atoms with Gasteiger partial charge in [0.15, 0.2) is 0 Å². The third-order valence-corrected chi connectivity index (χ3v) is 2.17. The highest BCUT2D eigenvalue weighted by Gasteiger charge is 2.33. The van der Waals surface area contributed by atoms with Crippen molar-refractivity contribution >= 4 is 5.91 Å². The van der Waals surface area contributed by atoms with Crippen LogP contribution in [0.2, 0.25) is 0 Å². The topological polar surface area (TPSA) is 52.6 Å². The van der Waals surface area contributed by atoms with E-state index in [0.29, 0.717) is 18.0 Å². The van der Waals surface area contributed by atoms with E-state index in [1.54, 1.807) is 6.92 Å². The normalized spacial score (nSPS) is 13.5. The van der Waals surface area contributed by atoms with Gasteiger partial charge in [-0.05, 0) is 6.54 Å². The van der Waals surface area contributed by atoms with E-state index in [1.807, 2.05) is 6.92 Å². The van der Waals surface area contributed by atoms with Gasteiger partial charge in [-0.3, -0.25) is 4.79 Å². The van der Waals surface area contributed by atoms with E-state index < -0.39 is 31.2 Å². The second kappa shape index (κ2) is 7.50. The molecule has 0 rings (SSSR count). The summed E-state index contributed by atoms with van der Waals surface area (Å²) in [4.78, 5) is 12.3. The van der Waals surface area contributed by atoms with Crippen LogP contribution in [0.4, 0.5) is 13.2 Å². The number of nitrogens with one attached hydrogen (secondary N) is 1. The molecule has 1 atom stereocenters. The highest BCUT2D eigenvalue weighted by molar-refractivity contribution is 5.78. The standard InChI is InChI=1S/C10H19F3N2O2/c1-3-14-6-8(2)9(17)15(4-5-16)7-10(11,12)13/h8,14,16H,3-7H2,1-2H3. The molecular weight excluding hydrogens is 237 g/mol. The first kappa shape index (κ1) is 16.2. The van der Waals surface area contributed by atoms with E-state index in [2.05, 4.69) is 5.32 Å². The maximum atomic E-state index is 12.2. The van der Waals surface area contributed by atoms with Crippen LogP contribution in [0.1, 0.15) is 13.8 Å². The number of aliphatic hydroxyl groups is 1. The molecule has 0 aromatic carbocycles. The van der Waals surface area contributed by atoms with Gasteiger partial charge in [-0.2, -0.15) is 13.2 Å². The summed E-state index contributed by atoms with van der Waals surface area (Å²) in [6.07, 6.45) is -4.44. The van der Waals surface area contributed by atoms with Gasteiger partial charge < -0.3 is 15.3 Å². The Bertz CT molecular complexity index is 234. The van der Waals surface area contributed by atoms with E-state index in [1.165, 1.54) is 0 Å². The monoisotopic (exact) mass is 256 g/mol. The molecule has 2 N–H and O–H groups in total. The van der Waals surface area contributed by atoms with Crippen molar-refractivity contribution in [2.75, 3.05) is 32.8 Å². The van der Waals surface area contributed by atoms with Crippen LogP contribution in [-0.4, -0.2) is 54.9 Å². The number of carbonyl (C=O) groups is 1. The number of amides is 1. The molecule has 4 nitrogen and oxygen atoms in total. The zero-order valence-electron chi connectivity index (χ0n) is 10.0. The van der Waals surface area contributed by atoms with Crippen LogP contribution < -0.4 is 5.32 Å². The molecule has 0 aliphatic rings. The summed E-state index contributed by atoms with van der Waals surface area (Å²) in [6.45, 7) is 2.30. The molecule has 0 aromatic heterocycles. The Balaban J connectivity index is 4.42. The van der Waals surface area contributed by atoms with Gasteiger partial charge in [-0.1, -0.05) is 13.8 Å². The van der Waals surface area contributed by atoms with Crippen molar-refractivity contribution in [3.63, 3.8) is 0 Å². The number of hydrogen-bond acceptors (Lipinski definition) is 3. The number of rotatable bonds is 7. The largest absolute Gasteiger partial charge is 0.406 e. The zero-order chi connectivity index (χ0) is 13.5. The van der Waals surface area contributed by atoms with Crippen LogP contribution in [0.5, 0.6) is 0 Å². The van der Waals surface area contributed by atoms with E-state index in [4.69, 9.17) is 5.11 Å².